The summed E-state index contributed by atoms with van der Waals surface area (Å²) in [4.78, 5) is 47.6. The zero-order chi connectivity index (χ0) is 29.4. The molecular formula is C23H31F3N8O5S. The van der Waals surface area contributed by atoms with E-state index in [0.717, 1.165) is 30.0 Å². The number of hydrogen-bond donors (Lipinski definition) is 3. The molecule has 0 spiro atoms. The summed E-state index contributed by atoms with van der Waals surface area (Å²) in [6.07, 6.45) is -5.03. The van der Waals surface area contributed by atoms with Crippen LogP contribution in [0, 0.1) is 5.41 Å². The quantitative estimate of drug-likeness (QED) is 0.341. The van der Waals surface area contributed by atoms with E-state index in [1.54, 1.807) is 28.8 Å². The fourth-order valence-electron chi connectivity index (χ4n) is 3.86. The van der Waals surface area contributed by atoms with Gasteiger partial charge < -0.3 is 35.2 Å². The van der Waals surface area contributed by atoms with Crippen LogP contribution in [-0.2, 0) is 9.53 Å². The van der Waals surface area contributed by atoms with Gasteiger partial charge in [0.25, 0.3) is 5.91 Å². The van der Waals surface area contributed by atoms with Crippen LogP contribution in [0.1, 0.15) is 10.4 Å². The number of halogens is 3. The van der Waals surface area contributed by atoms with E-state index < -0.39 is 23.9 Å². The third-order valence-corrected chi connectivity index (χ3v) is 6.58. The van der Waals surface area contributed by atoms with Gasteiger partial charge in [-0.15, -0.1) is 13.2 Å². The van der Waals surface area contributed by atoms with Gasteiger partial charge in [-0.05, 0) is 30.0 Å². The second-order valence-electron chi connectivity index (χ2n) is 9.01. The van der Waals surface area contributed by atoms with Gasteiger partial charge >= 0.3 is 12.4 Å². The Kier molecular flexibility index (Phi) is 10.6. The predicted octanol–water partition coefficient (Wildman–Crippen LogP) is 1.28. The van der Waals surface area contributed by atoms with Crippen molar-refractivity contribution in [1.29, 1.82) is 5.41 Å². The SMILES string of the molecule is CN(C)C(=O)N1CCN(C(=N)SC(N)=NC(=O)c2ccc(OC(F)(F)F)c(NC(=O)CN3CCOCC3)c2)CC1. The number of aliphatic imine (C=N–C) groups is 1. The molecule has 17 heteroatoms. The highest BCUT2D eigenvalue weighted by Gasteiger charge is 2.33. The van der Waals surface area contributed by atoms with Crippen LogP contribution in [-0.4, -0.2) is 127 Å². The Morgan fingerprint density at radius 1 is 1.12 bits per heavy atom. The van der Waals surface area contributed by atoms with Crippen molar-refractivity contribution >= 4 is 45.6 Å². The Balaban J connectivity index is 1.65. The molecule has 2 heterocycles. The fraction of sp³-hybridized carbons (Fsp3) is 0.522. The molecule has 2 saturated heterocycles. The summed E-state index contributed by atoms with van der Waals surface area (Å²) in [5, 5.41) is 10.4. The number of benzene rings is 1. The Labute approximate surface area is 232 Å². The maximum Gasteiger partial charge on any atom is 0.573 e. The number of nitrogens with zero attached hydrogens (tertiary/aromatic N) is 5. The first-order valence-corrected chi connectivity index (χ1v) is 13.0. The molecule has 0 saturated carbocycles. The molecule has 0 atom stereocenters. The molecule has 0 aliphatic carbocycles. The topological polar surface area (TPSA) is 157 Å². The molecule has 3 rings (SSSR count). The number of nitrogens with two attached hydrogens (primary N) is 1. The molecule has 1 aromatic carbocycles. The highest BCUT2D eigenvalue weighted by atomic mass is 32.2. The van der Waals surface area contributed by atoms with Crippen LogP contribution < -0.4 is 15.8 Å². The first kappa shape index (κ1) is 31.0. The largest absolute Gasteiger partial charge is 0.573 e. The first-order chi connectivity index (χ1) is 18.8. The van der Waals surface area contributed by atoms with E-state index in [4.69, 9.17) is 15.9 Å². The number of amides is 4. The number of thioether (sulfide) groups is 1. The smallest absolute Gasteiger partial charge is 0.404 e. The number of carbonyl (C=O) groups is 3. The van der Waals surface area contributed by atoms with Crippen molar-refractivity contribution in [3.8, 4) is 5.75 Å². The molecule has 0 bridgehead atoms. The van der Waals surface area contributed by atoms with Gasteiger partial charge in [-0.1, -0.05) is 0 Å². The van der Waals surface area contributed by atoms with Crippen LogP contribution in [0.3, 0.4) is 0 Å². The summed E-state index contributed by atoms with van der Waals surface area (Å²) in [6.45, 7) is 3.34. The van der Waals surface area contributed by atoms with Crippen molar-refractivity contribution in [2.75, 3.05) is 78.4 Å². The summed E-state index contributed by atoms with van der Waals surface area (Å²) < 4.78 is 48.0. The van der Waals surface area contributed by atoms with E-state index in [9.17, 15) is 27.6 Å². The standard InChI is InChI=1S/C23H31F3N8O5S/c1-31(2)22(37)34-7-5-33(6-8-34)21(28)40-20(27)30-19(36)15-3-4-17(39-23(24,25)26)16(13-15)29-18(35)14-32-9-11-38-12-10-32/h3-4,13,28H,5-12,14H2,1-2H3,(H,29,35)(H2,27,30,36). The second-order valence-corrected chi connectivity index (χ2v) is 10.0. The minimum Gasteiger partial charge on any atom is -0.404 e. The van der Waals surface area contributed by atoms with Gasteiger partial charge in [-0.25, -0.2) is 4.79 Å². The number of morpholine rings is 1. The van der Waals surface area contributed by atoms with E-state index in [1.165, 1.54) is 4.90 Å². The van der Waals surface area contributed by atoms with Crippen LogP contribution in [0.25, 0.3) is 0 Å². The molecule has 0 unspecified atom stereocenters. The number of hydrogen-bond acceptors (Lipinski definition) is 8. The number of anilines is 1. The van der Waals surface area contributed by atoms with Crippen LogP contribution in [0.15, 0.2) is 23.2 Å². The predicted molar refractivity (Wildman–Crippen MR) is 143 cm³/mol. The van der Waals surface area contributed by atoms with Crippen molar-refractivity contribution in [2.24, 2.45) is 10.7 Å². The van der Waals surface area contributed by atoms with Crippen molar-refractivity contribution < 1.29 is 37.0 Å². The van der Waals surface area contributed by atoms with Gasteiger partial charge in [-0.2, -0.15) is 4.99 Å². The number of carbonyl (C=O) groups excluding carboxylic acids is 3. The van der Waals surface area contributed by atoms with Gasteiger partial charge in [0.05, 0.1) is 25.4 Å². The summed E-state index contributed by atoms with van der Waals surface area (Å²) in [7, 11) is 3.31. The van der Waals surface area contributed by atoms with Crippen LogP contribution in [0.5, 0.6) is 5.75 Å². The zero-order valence-electron chi connectivity index (χ0n) is 22.0. The molecule has 1 aromatic rings. The van der Waals surface area contributed by atoms with E-state index >= 15 is 0 Å². The number of amidine groups is 2. The highest BCUT2D eigenvalue weighted by Crippen LogP contribution is 2.31. The van der Waals surface area contributed by atoms with Crippen molar-refractivity contribution in [3.05, 3.63) is 23.8 Å². The molecule has 2 aliphatic rings. The number of piperazine rings is 1. The van der Waals surface area contributed by atoms with Gasteiger partial charge in [0.15, 0.2) is 16.1 Å². The summed E-state index contributed by atoms with van der Waals surface area (Å²) in [5.74, 6) is -2.18. The Morgan fingerprint density at radius 3 is 2.35 bits per heavy atom. The van der Waals surface area contributed by atoms with Gasteiger partial charge in [0.1, 0.15) is 0 Å². The van der Waals surface area contributed by atoms with Crippen LogP contribution >= 0.6 is 11.8 Å². The zero-order valence-corrected chi connectivity index (χ0v) is 22.8. The maximum absolute atomic E-state index is 12.9. The average molecular weight is 589 g/mol. The lowest BCUT2D eigenvalue weighted by atomic mass is 10.1. The van der Waals surface area contributed by atoms with Crippen molar-refractivity contribution in [2.45, 2.75) is 6.36 Å². The van der Waals surface area contributed by atoms with Gasteiger partial charge in [-0.3, -0.25) is 19.9 Å². The fourth-order valence-corrected chi connectivity index (χ4v) is 4.50. The van der Waals surface area contributed by atoms with Crippen LogP contribution in [0.4, 0.5) is 23.7 Å². The lowest BCUT2D eigenvalue weighted by molar-refractivity contribution is -0.274. The third-order valence-electron chi connectivity index (χ3n) is 5.83. The molecule has 4 amide bonds. The minimum absolute atomic E-state index is 0.0241. The normalized spacial score (nSPS) is 16.9. The van der Waals surface area contributed by atoms with Crippen molar-refractivity contribution in [3.63, 3.8) is 0 Å². The second kappa shape index (κ2) is 13.7. The van der Waals surface area contributed by atoms with E-state index in [0.29, 0.717) is 52.5 Å². The maximum atomic E-state index is 12.9. The number of nitrogens with one attached hydrogen (secondary N) is 2. The minimum atomic E-state index is -5.03. The van der Waals surface area contributed by atoms with E-state index in [-0.39, 0.29) is 34.2 Å². The average Bonchev–Trinajstić information content (AvgIpc) is 2.88. The Hall–Kier alpha value is -3.57. The summed E-state index contributed by atoms with van der Waals surface area (Å²) >= 11 is 0.734. The Bertz CT molecular complexity index is 1140. The molecule has 40 heavy (non-hydrogen) atoms. The lowest BCUT2D eigenvalue weighted by Crippen LogP contribution is -2.52. The number of alkyl halides is 3. The van der Waals surface area contributed by atoms with E-state index in [2.05, 4.69) is 15.0 Å². The molecular weight excluding hydrogens is 557 g/mol. The molecule has 220 valence electrons. The molecule has 2 fully saturated rings. The lowest BCUT2D eigenvalue weighted by Gasteiger charge is -2.36. The summed E-state index contributed by atoms with van der Waals surface area (Å²) in [6, 6.07) is 2.86. The summed E-state index contributed by atoms with van der Waals surface area (Å²) in [5.41, 5.74) is 5.35. The number of rotatable bonds is 5. The van der Waals surface area contributed by atoms with Crippen molar-refractivity contribution in [1.82, 2.24) is 19.6 Å². The molecule has 0 aromatic heterocycles. The van der Waals surface area contributed by atoms with Gasteiger partial charge in [0, 0.05) is 58.9 Å². The number of urea groups is 1. The first-order valence-electron chi connectivity index (χ1n) is 12.2. The number of ether oxygens (including phenoxy) is 2. The molecule has 0 radical (unpaired) electrons. The monoisotopic (exact) mass is 588 g/mol. The molecule has 2 aliphatic heterocycles. The highest BCUT2D eigenvalue weighted by molar-refractivity contribution is 8.26. The molecule has 4 N–H and O–H groups in total. The Morgan fingerprint density at radius 2 is 1.75 bits per heavy atom. The van der Waals surface area contributed by atoms with Gasteiger partial charge in [0.2, 0.25) is 5.91 Å². The van der Waals surface area contributed by atoms with E-state index in [1.807, 2.05) is 0 Å². The molecule has 13 nitrogen and oxygen atoms in total. The third kappa shape index (κ3) is 9.27. The van der Waals surface area contributed by atoms with Crippen LogP contribution in [0.2, 0.25) is 0 Å².